The smallest absolute Gasteiger partial charge is 0.343 e. The number of hydrogen-bond donors (Lipinski definition) is 2. The van der Waals surface area contributed by atoms with E-state index in [9.17, 15) is 9.59 Å². The molecule has 90 valence electrons. The molecule has 0 saturated carbocycles. The number of nitrogens with zero attached hydrogens (tertiary/aromatic N) is 2. The van der Waals surface area contributed by atoms with Crippen LogP contribution in [0.3, 0.4) is 0 Å². The Balaban J connectivity index is 2.77. The van der Waals surface area contributed by atoms with Gasteiger partial charge in [-0.15, -0.1) is 5.10 Å². The highest BCUT2D eigenvalue weighted by atomic mass is 32.2. The summed E-state index contributed by atoms with van der Waals surface area (Å²) in [5.74, 6) is -0.653. The van der Waals surface area contributed by atoms with Gasteiger partial charge in [0, 0.05) is 6.54 Å². The lowest BCUT2D eigenvalue weighted by molar-refractivity contribution is -0.133. The van der Waals surface area contributed by atoms with Crippen molar-refractivity contribution in [3.63, 3.8) is 0 Å². The number of H-pyrrole nitrogens is 1. The van der Waals surface area contributed by atoms with Gasteiger partial charge in [-0.2, -0.15) is 0 Å². The predicted octanol–water partition coefficient (Wildman–Crippen LogP) is 0.794. The summed E-state index contributed by atoms with van der Waals surface area (Å²) in [5, 5.41) is 15.1. The monoisotopic (exact) mass is 245 g/mol. The van der Waals surface area contributed by atoms with Crippen LogP contribution in [0, 0.1) is 5.92 Å². The Hall–Kier alpha value is -1.24. The largest absolute Gasteiger partial charge is 0.481 e. The van der Waals surface area contributed by atoms with Crippen LogP contribution in [0.4, 0.5) is 0 Å². The third-order valence-corrected chi connectivity index (χ3v) is 3.20. The summed E-state index contributed by atoms with van der Waals surface area (Å²) in [6.45, 7) is 4.64. The first-order valence-electron chi connectivity index (χ1n) is 5.04. The molecular formula is C9H15N3O3S. The molecular weight excluding hydrogens is 230 g/mol. The van der Waals surface area contributed by atoms with Gasteiger partial charge in [0.2, 0.25) is 0 Å². The van der Waals surface area contributed by atoms with E-state index in [-0.39, 0.29) is 11.4 Å². The quantitative estimate of drug-likeness (QED) is 0.723. The third kappa shape index (κ3) is 3.41. The maximum Gasteiger partial charge on any atom is 0.343 e. The maximum atomic E-state index is 11.4. The molecule has 1 unspecified atom stereocenters. The van der Waals surface area contributed by atoms with Crippen LogP contribution in [0.2, 0.25) is 0 Å². The first-order valence-corrected chi connectivity index (χ1v) is 6.03. The molecule has 7 heteroatoms. The highest BCUT2D eigenvalue weighted by Crippen LogP contribution is 2.14. The Bertz CT molecular complexity index is 412. The zero-order valence-electron chi connectivity index (χ0n) is 9.27. The summed E-state index contributed by atoms with van der Waals surface area (Å²) in [6.07, 6.45) is 0.959. The van der Waals surface area contributed by atoms with Gasteiger partial charge in [-0.1, -0.05) is 32.0 Å². The number of rotatable bonds is 6. The first-order chi connectivity index (χ1) is 7.54. The molecule has 0 amide bonds. The predicted molar refractivity (Wildman–Crippen MR) is 60.7 cm³/mol. The van der Waals surface area contributed by atoms with Crippen molar-refractivity contribution in [2.24, 2.45) is 5.92 Å². The molecule has 0 spiro atoms. The molecule has 1 heterocycles. The van der Waals surface area contributed by atoms with E-state index in [1.807, 2.05) is 13.8 Å². The van der Waals surface area contributed by atoms with Crippen LogP contribution in [-0.2, 0) is 11.3 Å². The van der Waals surface area contributed by atoms with Gasteiger partial charge in [0.05, 0.1) is 5.75 Å². The molecule has 0 radical (unpaired) electrons. The second-order valence-electron chi connectivity index (χ2n) is 3.62. The Morgan fingerprint density at radius 2 is 2.38 bits per heavy atom. The van der Waals surface area contributed by atoms with E-state index >= 15 is 0 Å². The zero-order valence-corrected chi connectivity index (χ0v) is 10.1. The van der Waals surface area contributed by atoms with Crippen molar-refractivity contribution in [3.8, 4) is 0 Å². The molecule has 0 aromatic carbocycles. The molecule has 0 aliphatic rings. The fourth-order valence-electron chi connectivity index (χ4n) is 1.14. The number of carbonyl (C=O) groups is 1. The van der Waals surface area contributed by atoms with Gasteiger partial charge in [-0.25, -0.2) is 9.89 Å². The van der Waals surface area contributed by atoms with Crippen molar-refractivity contribution >= 4 is 17.7 Å². The minimum Gasteiger partial charge on any atom is -0.481 e. The van der Waals surface area contributed by atoms with Gasteiger partial charge in [0.25, 0.3) is 0 Å². The molecule has 6 nitrogen and oxygen atoms in total. The lowest BCUT2D eigenvalue weighted by atomic mass is 10.1. The van der Waals surface area contributed by atoms with Gasteiger partial charge >= 0.3 is 11.7 Å². The second-order valence-corrected chi connectivity index (χ2v) is 4.56. The van der Waals surface area contributed by atoms with E-state index in [1.165, 1.54) is 4.57 Å². The first kappa shape index (κ1) is 12.8. The molecule has 0 bridgehead atoms. The van der Waals surface area contributed by atoms with Crippen LogP contribution in [0.15, 0.2) is 9.95 Å². The molecule has 2 N–H and O–H groups in total. The summed E-state index contributed by atoms with van der Waals surface area (Å²) >= 11 is 1.05. The summed E-state index contributed by atoms with van der Waals surface area (Å²) in [5.41, 5.74) is -0.284. The van der Waals surface area contributed by atoms with E-state index in [1.54, 1.807) is 0 Å². The van der Waals surface area contributed by atoms with Gasteiger partial charge in [-0.05, 0) is 5.92 Å². The average molecular weight is 245 g/mol. The molecule has 1 aromatic rings. The summed E-state index contributed by atoms with van der Waals surface area (Å²) in [4.78, 5) is 21.8. The number of thioether (sulfide) groups is 1. The topological polar surface area (TPSA) is 88.0 Å². The van der Waals surface area contributed by atoms with Crippen LogP contribution >= 0.6 is 11.8 Å². The number of hydrogen-bond acceptors (Lipinski definition) is 4. The van der Waals surface area contributed by atoms with Crippen LogP contribution in [0.5, 0.6) is 0 Å². The highest BCUT2D eigenvalue weighted by molar-refractivity contribution is 7.99. The average Bonchev–Trinajstić information content (AvgIpc) is 2.57. The van der Waals surface area contributed by atoms with Crippen molar-refractivity contribution in [2.75, 3.05) is 5.75 Å². The van der Waals surface area contributed by atoms with Crippen molar-refractivity contribution in [3.05, 3.63) is 10.5 Å². The van der Waals surface area contributed by atoms with E-state index < -0.39 is 5.97 Å². The minimum absolute atomic E-state index is 0.0925. The van der Waals surface area contributed by atoms with Crippen molar-refractivity contribution in [1.82, 2.24) is 14.8 Å². The maximum absolute atomic E-state index is 11.4. The van der Waals surface area contributed by atoms with Gasteiger partial charge in [0.1, 0.15) is 0 Å². The second kappa shape index (κ2) is 5.74. The lowest BCUT2D eigenvalue weighted by Crippen LogP contribution is -2.21. The lowest BCUT2D eigenvalue weighted by Gasteiger charge is -2.09. The number of aromatic amines is 1. The molecule has 0 aliphatic heterocycles. The molecule has 16 heavy (non-hydrogen) atoms. The Morgan fingerprint density at radius 1 is 1.69 bits per heavy atom. The Labute approximate surface area is 97.1 Å². The summed E-state index contributed by atoms with van der Waals surface area (Å²) in [7, 11) is 0. The van der Waals surface area contributed by atoms with Crippen LogP contribution in [-0.4, -0.2) is 31.6 Å². The highest BCUT2D eigenvalue weighted by Gasteiger charge is 2.12. The molecule has 1 rings (SSSR count). The van der Waals surface area contributed by atoms with E-state index in [0.29, 0.717) is 17.6 Å². The normalized spacial score (nSPS) is 12.6. The standard InChI is InChI=1S/C9H15N3O3S/c1-3-6(2)4-12-8(15)10-11-9(12)16-5-7(13)14/h6H,3-5H2,1-2H3,(H,10,15)(H,13,14). The molecule has 1 atom stereocenters. The molecule has 1 aromatic heterocycles. The Kier molecular flexibility index (Phi) is 4.60. The minimum atomic E-state index is -0.921. The van der Waals surface area contributed by atoms with Crippen molar-refractivity contribution < 1.29 is 9.90 Å². The van der Waals surface area contributed by atoms with Gasteiger partial charge < -0.3 is 5.11 Å². The Morgan fingerprint density at radius 3 is 2.94 bits per heavy atom. The zero-order chi connectivity index (χ0) is 12.1. The fraction of sp³-hybridized carbons (Fsp3) is 0.667. The summed E-state index contributed by atoms with van der Waals surface area (Å²) in [6, 6.07) is 0. The number of carboxylic acids is 1. The van der Waals surface area contributed by atoms with Gasteiger partial charge in [-0.3, -0.25) is 9.36 Å². The van der Waals surface area contributed by atoms with E-state index in [0.717, 1.165) is 18.2 Å². The van der Waals surface area contributed by atoms with Crippen LogP contribution in [0.1, 0.15) is 20.3 Å². The molecule has 0 saturated heterocycles. The molecule has 0 fully saturated rings. The van der Waals surface area contributed by atoms with Crippen LogP contribution in [0.25, 0.3) is 0 Å². The number of aromatic nitrogens is 3. The van der Waals surface area contributed by atoms with Gasteiger partial charge in [0.15, 0.2) is 5.16 Å². The number of nitrogens with one attached hydrogen (secondary N) is 1. The van der Waals surface area contributed by atoms with Crippen molar-refractivity contribution in [1.29, 1.82) is 0 Å². The molecule has 0 aliphatic carbocycles. The summed E-state index contributed by atoms with van der Waals surface area (Å²) < 4.78 is 1.49. The fourth-order valence-corrected chi connectivity index (χ4v) is 1.82. The number of aliphatic carboxylic acids is 1. The van der Waals surface area contributed by atoms with Crippen LogP contribution < -0.4 is 5.69 Å². The number of carboxylic acid groups (broad SMARTS) is 1. The third-order valence-electron chi connectivity index (χ3n) is 2.24. The van der Waals surface area contributed by atoms with E-state index in [4.69, 9.17) is 5.11 Å². The van der Waals surface area contributed by atoms with E-state index in [2.05, 4.69) is 10.2 Å². The SMILES string of the molecule is CCC(C)Cn1c(SCC(=O)O)n[nH]c1=O. The van der Waals surface area contributed by atoms with Crippen molar-refractivity contribution in [2.45, 2.75) is 32.0 Å².